The van der Waals surface area contributed by atoms with Crippen LogP contribution >= 0.6 is 0 Å². The summed E-state index contributed by atoms with van der Waals surface area (Å²) < 4.78 is 7.27. The van der Waals surface area contributed by atoms with Crippen LogP contribution in [0.5, 0.6) is 0 Å². The van der Waals surface area contributed by atoms with E-state index in [0.717, 1.165) is 30.2 Å². The molecule has 1 aromatic carbocycles. The number of hydrogen-bond donors (Lipinski definition) is 0. The van der Waals surface area contributed by atoms with Crippen LogP contribution < -0.4 is 0 Å². The van der Waals surface area contributed by atoms with Crippen LogP contribution in [0.4, 0.5) is 5.69 Å². The SMILES string of the molecule is Cc1cc(C(=O)CN2CCOCC2)c(C)n1-c1ccc([N+](=O)[O-])cc1. The second kappa shape index (κ2) is 7.16. The van der Waals surface area contributed by atoms with Gasteiger partial charge in [-0.3, -0.25) is 19.8 Å². The molecule has 1 aliphatic rings. The first-order valence-electron chi connectivity index (χ1n) is 8.24. The summed E-state index contributed by atoms with van der Waals surface area (Å²) in [6.45, 7) is 7.08. The summed E-state index contributed by atoms with van der Waals surface area (Å²) in [4.78, 5) is 25.2. The maximum atomic E-state index is 12.7. The highest BCUT2D eigenvalue weighted by Gasteiger charge is 2.20. The number of hydrogen-bond acceptors (Lipinski definition) is 5. The average Bonchev–Trinajstić information content (AvgIpc) is 2.90. The third-order valence-electron chi connectivity index (χ3n) is 4.52. The van der Waals surface area contributed by atoms with Crippen LogP contribution in [0.15, 0.2) is 30.3 Å². The van der Waals surface area contributed by atoms with Crippen LogP contribution in [0.1, 0.15) is 21.7 Å². The fourth-order valence-electron chi connectivity index (χ4n) is 3.21. The molecule has 7 nitrogen and oxygen atoms in total. The zero-order chi connectivity index (χ0) is 18.0. The molecule has 0 unspecified atom stereocenters. The Morgan fingerprint density at radius 2 is 1.84 bits per heavy atom. The first-order valence-corrected chi connectivity index (χ1v) is 8.24. The molecule has 1 saturated heterocycles. The van der Waals surface area contributed by atoms with Crippen molar-refractivity contribution in [3.63, 3.8) is 0 Å². The first kappa shape index (κ1) is 17.3. The number of aromatic nitrogens is 1. The summed E-state index contributed by atoms with van der Waals surface area (Å²) in [6, 6.07) is 8.25. The minimum atomic E-state index is -0.420. The van der Waals surface area contributed by atoms with E-state index in [1.165, 1.54) is 12.1 Å². The van der Waals surface area contributed by atoms with Gasteiger partial charge in [-0.25, -0.2) is 0 Å². The summed E-state index contributed by atoms with van der Waals surface area (Å²) >= 11 is 0. The molecule has 0 aliphatic carbocycles. The van der Waals surface area contributed by atoms with Gasteiger partial charge >= 0.3 is 0 Å². The van der Waals surface area contributed by atoms with Gasteiger partial charge in [0.1, 0.15) is 0 Å². The van der Waals surface area contributed by atoms with E-state index < -0.39 is 4.92 Å². The van der Waals surface area contributed by atoms with Gasteiger partial charge in [0.25, 0.3) is 5.69 Å². The number of carbonyl (C=O) groups excluding carboxylic acids is 1. The van der Waals surface area contributed by atoms with Gasteiger partial charge in [-0.1, -0.05) is 0 Å². The second-order valence-corrected chi connectivity index (χ2v) is 6.21. The van der Waals surface area contributed by atoms with Crippen molar-refractivity contribution in [2.75, 3.05) is 32.8 Å². The van der Waals surface area contributed by atoms with E-state index in [9.17, 15) is 14.9 Å². The largest absolute Gasteiger partial charge is 0.379 e. The number of ether oxygens (including phenoxy) is 1. The molecular weight excluding hydrogens is 322 g/mol. The molecule has 0 saturated carbocycles. The number of nitro groups is 1. The summed E-state index contributed by atoms with van der Waals surface area (Å²) in [6.07, 6.45) is 0. The molecule has 0 amide bonds. The molecule has 132 valence electrons. The maximum absolute atomic E-state index is 12.7. The van der Waals surface area contributed by atoms with Crippen molar-refractivity contribution in [2.24, 2.45) is 0 Å². The zero-order valence-corrected chi connectivity index (χ0v) is 14.4. The highest BCUT2D eigenvalue weighted by atomic mass is 16.6. The van der Waals surface area contributed by atoms with Crippen molar-refractivity contribution in [2.45, 2.75) is 13.8 Å². The van der Waals surface area contributed by atoms with Crippen LogP contribution in [0.2, 0.25) is 0 Å². The monoisotopic (exact) mass is 343 g/mol. The van der Waals surface area contributed by atoms with Gasteiger partial charge in [-0.2, -0.15) is 0 Å². The highest BCUT2D eigenvalue weighted by molar-refractivity contribution is 5.99. The quantitative estimate of drug-likeness (QED) is 0.474. The minimum Gasteiger partial charge on any atom is -0.379 e. The lowest BCUT2D eigenvalue weighted by molar-refractivity contribution is -0.384. The fraction of sp³-hybridized carbons (Fsp3) is 0.389. The third-order valence-corrected chi connectivity index (χ3v) is 4.52. The molecule has 1 fully saturated rings. The highest BCUT2D eigenvalue weighted by Crippen LogP contribution is 2.23. The number of non-ortho nitro benzene ring substituents is 1. The van der Waals surface area contributed by atoms with Crippen LogP contribution in [-0.2, 0) is 4.74 Å². The molecule has 1 aromatic heterocycles. The van der Waals surface area contributed by atoms with Crippen molar-refractivity contribution in [3.05, 3.63) is 57.4 Å². The van der Waals surface area contributed by atoms with Gasteiger partial charge in [-0.05, 0) is 32.0 Å². The maximum Gasteiger partial charge on any atom is 0.269 e. The predicted octanol–water partition coefficient (Wildman–Crippen LogP) is 2.52. The van der Waals surface area contributed by atoms with Crippen LogP contribution in [-0.4, -0.2) is 53.0 Å². The van der Waals surface area contributed by atoms with Gasteiger partial charge in [0.05, 0.1) is 24.7 Å². The van der Waals surface area contributed by atoms with E-state index in [1.807, 2.05) is 24.5 Å². The normalized spacial score (nSPS) is 15.3. The Balaban J connectivity index is 1.84. The Bertz CT molecular complexity index is 789. The molecule has 1 aliphatic heterocycles. The molecule has 7 heteroatoms. The van der Waals surface area contributed by atoms with E-state index in [2.05, 4.69) is 4.90 Å². The lowest BCUT2D eigenvalue weighted by Gasteiger charge is -2.25. The molecule has 2 aromatic rings. The Morgan fingerprint density at radius 3 is 2.44 bits per heavy atom. The molecule has 2 heterocycles. The smallest absolute Gasteiger partial charge is 0.269 e. The number of Topliss-reactive ketones (excluding diaryl/α,β-unsaturated/α-hetero) is 1. The summed E-state index contributed by atoms with van der Waals surface area (Å²) in [5, 5.41) is 10.8. The number of nitrogens with zero attached hydrogens (tertiary/aromatic N) is 3. The molecule has 0 spiro atoms. The fourth-order valence-corrected chi connectivity index (χ4v) is 3.21. The van der Waals surface area contributed by atoms with E-state index in [4.69, 9.17) is 4.74 Å². The summed E-state index contributed by atoms with van der Waals surface area (Å²) in [5.74, 6) is 0.0863. The molecule has 0 N–H and O–H groups in total. The average molecular weight is 343 g/mol. The molecule has 0 bridgehead atoms. The number of carbonyl (C=O) groups is 1. The van der Waals surface area contributed by atoms with Crippen molar-refractivity contribution >= 4 is 11.5 Å². The molecule has 3 rings (SSSR count). The summed E-state index contributed by atoms with van der Waals surface area (Å²) in [5.41, 5.74) is 3.34. The van der Waals surface area contributed by atoms with Gasteiger partial charge in [0, 0.05) is 47.9 Å². The molecule has 0 radical (unpaired) electrons. The Kier molecular flexibility index (Phi) is 4.96. The standard InChI is InChI=1S/C18H21N3O4/c1-13-11-17(18(22)12-19-7-9-25-10-8-19)14(2)20(13)15-3-5-16(6-4-15)21(23)24/h3-6,11H,7-10,12H2,1-2H3. The predicted molar refractivity (Wildman–Crippen MR) is 93.5 cm³/mol. The lowest BCUT2D eigenvalue weighted by Crippen LogP contribution is -2.39. The number of aryl methyl sites for hydroxylation is 1. The number of rotatable bonds is 5. The Labute approximate surface area is 146 Å². The number of morpholine rings is 1. The minimum absolute atomic E-state index is 0.0508. The van der Waals surface area contributed by atoms with Crippen LogP contribution in [0.3, 0.4) is 0 Å². The van der Waals surface area contributed by atoms with Crippen molar-refractivity contribution in [1.29, 1.82) is 0 Å². The molecule has 0 atom stereocenters. The first-order chi connectivity index (χ1) is 12.0. The van der Waals surface area contributed by atoms with E-state index >= 15 is 0 Å². The van der Waals surface area contributed by atoms with Crippen LogP contribution in [0.25, 0.3) is 5.69 Å². The Hall–Kier alpha value is -2.51. The molecular formula is C18H21N3O4. The molecule has 25 heavy (non-hydrogen) atoms. The lowest BCUT2D eigenvalue weighted by atomic mass is 10.1. The van der Waals surface area contributed by atoms with E-state index in [0.29, 0.717) is 25.3 Å². The van der Waals surface area contributed by atoms with Crippen LogP contribution in [0, 0.1) is 24.0 Å². The van der Waals surface area contributed by atoms with Gasteiger partial charge in [0.15, 0.2) is 5.78 Å². The van der Waals surface area contributed by atoms with Gasteiger partial charge in [0.2, 0.25) is 0 Å². The van der Waals surface area contributed by atoms with Gasteiger partial charge in [-0.15, -0.1) is 0 Å². The summed E-state index contributed by atoms with van der Waals surface area (Å²) in [7, 11) is 0. The second-order valence-electron chi connectivity index (χ2n) is 6.21. The van der Waals surface area contributed by atoms with Gasteiger partial charge < -0.3 is 9.30 Å². The van der Waals surface area contributed by atoms with E-state index in [-0.39, 0.29) is 11.5 Å². The van der Waals surface area contributed by atoms with Crippen molar-refractivity contribution in [1.82, 2.24) is 9.47 Å². The van der Waals surface area contributed by atoms with Crippen molar-refractivity contribution in [3.8, 4) is 5.69 Å². The Morgan fingerprint density at radius 1 is 1.20 bits per heavy atom. The van der Waals surface area contributed by atoms with Crippen molar-refractivity contribution < 1.29 is 14.5 Å². The number of ketones is 1. The third kappa shape index (κ3) is 3.62. The topological polar surface area (TPSA) is 77.6 Å². The van der Waals surface area contributed by atoms with E-state index in [1.54, 1.807) is 12.1 Å². The number of nitro benzene ring substituents is 1. The number of benzene rings is 1. The zero-order valence-electron chi connectivity index (χ0n) is 14.4.